The summed E-state index contributed by atoms with van der Waals surface area (Å²) in [7, 11) is 1.24. The number of aromatic amines is 1. The van der Waals surface area contributed by atoms with Gasteiger partial charge in [-0.15, -0.1) is 0 Å². The Morgan fingerprint density at radius 2 is 1.66 bits per heavy atom. The second-order valence-corrected chi connectivity index (χ2v) is 9.02. The maximum Gasteiger partial charge on any atom is 0.419 e. The van der Waals surface area contributed by atoms with E-state index in [1.54, 1.807) is 32.9 Å². The Hall–Kier alpha value is -2.99. The number of methoxy groups -OCH3 is 1. The number of halogens is 2. The fourth-order valence-electron chi connectivity index (χ4n) is 2.73. The largest absolute Gasteiger partial charge is 0.477 e. The van der Waals surface area contributed by atoms with Gasteiger partial charge in [-0.2, -0.15) is 0 Å². The molecule has 4 aromatic rings. The highest BCUT2D eigenvalue weighted by Crippen LogP contribution is 2.28. The molecule has 32 heavy (non-hydrogen) atoms. The summed E-state index contributed by atoms with van der Waals surface area (Å²) in [5.74, 6) is -1.63. The van der Waals surface area contributed by atoms with Crippen molar-refractivity contribution in [3.63, 3.8) is 0 Å². The molecule has 10 nitrogen and oxygen atoms in total. The lowest BCUT2D eigenvalue weighted by atomic mass is 10.2. The maximum atomic E-state index is 12.3. The Morgan fingerprint density at radius 1 is 1.03 bits per heavy atom. The van der Waals surface area contributed by atoms with E-state index in [1.165, 1.54) is 19.2 Å². The first-order valence-electron chi connectivity index (χ1n) is 9.03. The first kappa shape index (κ1) is 23.7. The van der Waals surface area contributed by atoms with Crippen LogP contribution in [-0.2, 0) is 9.47 Å². The highest BCUT2D eigenvalue weighted by atomic mass is 79.9. The summed E-state index contributed by atoms with van der Waals surface area (Å²) in [6.45, 7) is 5.23. The fraction of sp³-hybridized carbons (Fsp3) is 0.250. The zero-order valence-corrected chi connectivity index (χ0v) is 20.5. The SMILES string of the molecule is COC(=O)c1cc2oc(Br)cc2n1C(=O)OC(C)(C)C.O=C(O)c1cc2oc(Br)cc2[nH]1. The van der Waals surface area contributed by atoms with Crippen molar-refractivity contribution in [2.45, 2.75) is 26.4 Å². The van der Waals surface area contributed by atoms with Crippen LogP contribution in [0.15, 0.2) is 42.4 Å². The van der Waals surface area contributed by atoms with Gasteiger partial charge in [0.15, 0.2) is 20.5 Å². The van der Waals surface area contributed by atoms with E-state index in [-0.39, 0.29) is 11.4 Å². The van der Waals surface area contributed by atoms with Gasteiger partial charge in [-0.05, 0) is 52.6 Å². The van der Waals surface area contributed by atoms with Crippen LogP contribution in [-0.4, -0.2) is 45.4 Å². The lowest BCUT2D eigenvalue weighted by Crippen LogP contribution is -2.28. The van der Waals surface area contributed by atoms with Crippen LogP contribution >= 0.6 is 31.9 Å². The number of carbonyl (C=O) groups excluding carboxylic acids is 2. The van der Waals surface area contributed by atoms with Crippen molar-refractivity contribution < 1.29 is 37.8 Å². The van der Waals surface area contributed by atoms with Crippen LogP contribution in [0.5, 0.6) is 0 Å². The third kappa shape index (κ3) is 5.07. The first-order valence-corrected chi connectivity index (χ1v) is 10.6. The van der Waals surface area contributed by atoms with Gasteiger partial charge in [-0.3, -0.25) is 0 Å². The minimum atomic E-state index is -0.988. The lowest BCUT2D eigenvalue weighted by Gasteiger charge is -2.20. The molecule has 4 rings (SSSR count). The van der Waals surface area contributed by atoms with Gasteiger partial charge in [0.05, 0.1) is 18.1 Å². The van der Waals surface area contributed by atoms with Crippen molar-refractivity contribution in [3.05, 3.63) is 45.0 Å². The Balaban J connectivity index is 0.000000204. The molecular weight excluding hydrogens is 556 g/mol. The molecule has 0 aliphatic carbocycles. The number of carboxylic acids is 1. The number of aromatic nitrogens is 2. The molecule has 0 spiro atoms. The Bertz CT molecular complexity index is 1290. The second kappa shape index (κ2) is 8.87. The van der Waals surface area contributed by atoms with E-state index < -0.39 is 23.6 Å². The molecule has 0 bridgehead atoms. The number of ether oxygens (including phenoxy) is 2. The minimum absolute atomic E-state index is 0.0583. The molecule has 0 radical (unpaired) electrons. The third-order valence-corrected chi connectivity index (χ3v) is 4.72. The molecule has 12 heteroatoms. The standard InChI is InChI=1S/C13H14BrNO5.C7H4BrNO3/c1-13(2,3)20-12(17)15-7-6-10(14)19-9(7)5-8(15)11(16)18-4;8-6-2-3-5(12-6)1-4(9-3)7(10)11/h5-6H,1-4H3;1-2,9H,(H,10,11). The molecular formula is C20H18Br2N2O8. The Labute approximate surface area is 197 Å². The molecule has 0 aliphatic rings. The molecule has 0 aromatic carbocycles. The van der Waals surface area contributed by atoms with Gasteiger partial charge < -0.3 is 28.4 Å². The van der Waals surface area contributed by atoms with Crippen LogP contribution in [0.25, 0.3) is 22.2 Å². The van der Waals surface area contributed by atoms with Crippen LogP contribution in [0.3, 0.4) is 0 Å². The molecule has 0 saturated carbocycles. The minimum Gasteiger partial charge on any atom is -0.477 e. The molecule has 0 fully saturated rings. The number of nitrogens with zero attached hydrogens (tertiary/aromatic N) is 1. The summed E-state index contributed by atoms with van der Waals surface area (Å²) in [5, 5.41) is 8.59. The van der Waals surface area contributed by atoms with Crippen molar-refractivity contribution >= 4 is 72.1 Å². The van der Waals surface area contributed by atoms with Gasteiger partial charge in [0.2, 0.25) is 0 Å². The summed E-state index contributed by atoms with van der Waals surface area (Å²) in [5.41, 5.74) is 1.56. The Morgan fingerprint density at radius 3 is 2.22 bits per heavy atom. The van der Waals surface area contributed by atoms with Crippen LogP contribution < -0.4 is 0 Å². The van der Waals surface area contributed by atoms with E-state index in [1.807, 2.05) is 0 Å². The normalized spacial score (nSPS) is 11.3. The summed E-state index contributed by atoms with van der Waals surface area (Å²) in [6.07, 6.45) is -0.666. The number of nitrogens with one attached hydrogen (secondary N) is 1. The van der Waals surface area contributed by atoms with Gasteiger partial charge in [0.25, 0.3) is 0 Å². The predicted molar refractivity (Wildman–Crippen MR) is 120 cm³/mol. The van der Waals surface area contributed by atoms with E-state index in [0.717, 1.165) is 4.57 Å². The number of hydrogen-bond acceptors (Lipinski definition) is 7. The number of esters is 1. The van der Waals surface area contributed by atoms with Crippen LogP contribution in [0.1, 0.15) is 41.7 Å². The third-order valence-electron chi connectivity index (χ3n) is 3.94. The van der Waals surface area contributed by atoms with E-state index in [0.29, 0.717) is 31.5 Å². The number of hydrogen-bond donors (Lipinski definition) is 2. The zero-order chi connectivity index (χ0) is 23.8. The second-order valence-electron chi connectivity index (χ2n) is 7.45. The molecule has 0 aliphatic heterocycles. The summed E-state index contributed by atoms with van der Waals surface area (Å²) in [4.78, 5) is 37.2. The summed E-state index contributed by atoms with van der Waals surface area (Å²) >= 11 is 6.31. The number of H-pyrrole nitrogens is 1. The van der Waals surface area contributed by atoms with E-state index in [9.17, 15) is 14.4 Å². The number of carboxylic acid groups (broad SMARTS) is 1. The molecule has 0 amide bonds. The van der Waals surface area contributed by atoms with E-state index in [2.05, 4.69) is 41.6 Å². The van der Waals surface area contributed by atoms with Crippen LogP contribution in [0.4, 0.5) is 4.79 Å². The molecule has 4 aromatic heterocycles. The fourth-order valence-corrected chi connectivity index (χ4v) is 3.52. The quantitative estimate of drug-likeness (QED) is 0.287. The molecule has 170 valence electrons. The van der Waals surface area contributed by atoms with Gasteiger partial charge in [0, 0.05) is 24.3 Å². The van der Waals surface area contributed by atoms with Crippen LogP contribution in [0, 0.1) is 0 Å². The average molecular weight is 574 g/mol. The first-order chi connectivity index (χ1) is 14.9. The number of fused-ring (bicyclic) bond motifs is 2. The van der Waals surface area contributed by atoms with Crippen molar-refractivity contribution in [3.8, 4) is 0 Å². The topological polar surface area (TPSA) is 137 Å². The van der Waals surface area contributed by atoms with Crippen molar-refractivity contribution in [1.82, 2.24) is 9.55 Å². The molecule has 4 heterocycles. The molecule has 0 saturated heterocycles. The van der Waals surface area contributed by atoms with Gasteiger partial charge >= 0.3 is 18.0 Å². The van der Waals surface area contributed by atoms with E-state index in [4.69, 9.17) is 18.7 Å². The zero-order valence-electron chi connectivity index (χ0n) is 17.3. The summed E-state index contributed by atoms with van der Waals surface area (Å²) < 4.78 is 22.6. The van der Waals surface area contributed by atoms with Gasteiger partial charge in [-0.25, -0.2) is 19.0 Å². The average Bonchev–Trinajstić information content (AvgIpc) is 3.38. The van der Waals surface area contributed by atoms with Crippen LogP contribution in [0.2, 0.25) is 0 Å². The van der Waals surface area contributed by atoms with Gasteiger partial charge in [-0.1, -0.05) is 0 Å². The molecule has 2 N–H and O–H groups in total. The monoisotopic (exact) mass is 572 g/mol. The summed E-state index contributed by atoms with van der Waals surface area (Å²) in [6, 6.07) is 6.16. The predicted octanol–water partition coefficient (Wildman–Crippen LogP) is 5.79. The number of aromatic carboxylic acids is 1. The van der Waals surface area contributed by atoms with Crippen molar-refractivity contribution in [2.75, 3.05) is 7.11 Å². The maximum absolute atomic E-state index is 12.3. The van der Waals surface area contributed by atoms with Crippen molar-refractivity contribution in [2.24, 2.45) is 0 Å². The van der Waals surface area contributed by atoms with Crippen molar-refractivity contribution in [1.29, 1.82) is 0 Å². The number of furan rings is 2. The smallest absolute Gasteiger partial charge is 0.419 e. The molecule has 0 atom stereocenters. The Kier molecular flexibility index (Phi) is 6.56. The number of carbonyl (C=O) groups is 3. The lowest BCUT2D eigenvalue weighted by molar-refractivity contribution is 0.0489. The van der Waals surface area contributed by atoms with E-state index >= 15 is 0 Å². The number of rotatable bonds is 2. The highest BCUT2D eigenvalue weighted by Gasteiger charge is 2.27. The molecule has 0 unspecified atom stereocenters. The highest BCUT2D eigenvalue weighted by molar-refractivity contribution is 9.10. The van der Waals surface area contributed by atoms with Gasteiger partial charge in [0.1, 0.15) is 17.0 Å².